The number of alkyl halides is 3. The highest BCUT2D eigenvalue weighted by Crippen LogP contribution is 2.31. The number of anilines is 3. The van der Waals surface area contributed by atoms with E-state index in [2.05, 4.69) is 30.5 Å². The predicted molar refractivity (Wildman–Crippen MR) is 103 cm³/mol. The van der Waals surface area contributed by atoms with Crippen LogP contribution in [0.1, 0.15) is 5.56 Å². The summed E-state index contributed by atoms with van der Waals surface area (Å²) in [7, 11) is 0. The van der Waals surface area contributed by atoms with Crippen molar-refractivity contribution in [3.05, 3.63) is 66.5 Å². The molecule has 0 amide bonds. The average molecular weight is 413 g/mol. The van der Waals surface area contributed by atoms with Crippen LogP contribution in [0.15, 0.2) is 60.9 Å². The number of H-pyrrole nitrogens is 1. The molecule has 0 spiro atoms. The van der Waals surface area contributed by atoms with Crippen LogP contribution in [0.3, 0.4) is 0 Å². The SMILES string of the molecule is Nc1cc(Oc2ccc(-c3nc(Nc4cccc(C(F)(F)F)c4)n[nH]3)cc2)ncn1. The molecule has 0 aliphatic heterocycles. The van der Waals surface area contributed by atoms with Crippen molar-refractivity contribution in [2.45, 2.75) is 6.18 Å². The van der Waals surface area contributed by atoms with E-state index in [1.54, 1.807) is 24.3 Å². The van der Waals surface area contributed by atoms with Gasteiger partial charge in [-0.05, 0) is 42.5 Å². The van der Waals surface area contributed by atoms with Crippen LogP contribution in [0, 0.1) is 0 Å². The van der Waals surface area contributed by atoms with Gasteiger partial charge in [-0.3, -0.25) is 5.10 Å². The lowest BCUT2D eigenvalue weighted by atomic mass is 10.2. The van der Waals surface area contributed by atoms with Crippen LogP contribution in [-0.2, 0) is 6.18 Å². The minimum absolute atomic E-state index is 0.140. The second kappa shape index (κ2) is 7.70. The van der Waals surface area contributed by atoms with Gasteiger partial charge < -0.3 is 15.8 Å². The molecule has 0 atom stereocenters. The number of rotatable bonds is 5. The first-order valence-corrected chi connectivity index (χ1v) is 8.59. The smallest absolute Gasteiger partial charge is 0.416 e. The van der Waals surface area contributed by atoms with E-state index >= 15 is 0 Å². The molecule has 30 heavy (non-hydrogen) atoms. The van der Waals surface area contributed by atoms with E-state index in [1.165, 1.54) is 24.5 Å². The predicted octanol–water partition coefficient (Wildman–Crippen LogP) is 4.40. The molecule has 4 aromatic rings. The Bertz CT molecular complexity index is 1160. The minimum Gasteiger partial charge on any atom is -0.439 e. The zero-order valence-electron chi connectivity index (χ0n) is 15.2. The summed E-state index contributed by atoms with van der Waals surface area (Å²) in [5, 5.41) is 9.48. The van der Waals surface area contributed by atoms with Crippen molar-refractivity contribution in [3.8, 4) is 23.0 Å². The second-order valence-electron chi connectivity index (χ2n) is 6.12. The van der Waals surface area contributed by atoms with E-state index in [1.807, 2.05) is 0 Å². The zero-order valence-corrected chi connectivity index (χ0v) is 15.2. The molecule has 4 N–H and O–H groups in total. The Balaban J connectivity index is 1.46. The van der Waals surface area contributed by atoms with Gasteiger partial charge in [0.15, 0.2) is 5.82 Å². The Morgan fingerprint density at radius 2 is 1.80 bits per heavy atom. The number of nitrogens with one attached hydrogen (secondary N) is 2. The maximum atomic E-state index is 12.8. The molecule has 11 heteroatoms. The van der Waals surface area contributed by atoms with Gasteiger partial charge in [0.05, 0.1) is 5.56 Å². The third-order valence-electron chi connectivity index (χ3n) is 3.94. The molecule has 2 heterocycles. The van der Waals surface area contributed by atoms with Crippen molar-refractivity contribution in [1.29, 1.82) is 0 Å². The van der Waals surface area contributed by atoms with E-state index in [0.717, 1.165) is 12.1 Å². The largest absolute Gasteiger partial charge is 0.439 e. The normalized spacial score (nSPS) is 11.3. The first kappa shape index (κ1) is 19.2. The van der Waals surface area contributed by atoms with Crippen LogP contribution >= 0.6 is 0 Å². The summed E-state index contributed by atoms with van der Waals surface area (Å²) in [6, 6.07) is 13.2. The molecule has 0 bridgehead atoms. The molecular weight excluding hydrogens is 399 g/mol. The van der Waals surface area contributed by atoms with Crippen molar-refractivity contribution in [3.63, 3.8) is 0 Å². The van der Waals surface area contributed by atoms with Crippen LogP contribution in [0.25, 0.3) is 11.4 Å². The van der Waals surface area contributed by atoms with Crippen molar-refractivity contribution in [2.24, 2.45) is 0 Å². The Morgan fingerprint density at radius 1 is 1.00 bits per heavy atom. The van der Waals surface area contributed by atoms with Gasteiger partial charge >= 0.3 is 6.18 Å². The number of halogens is 3. The van der Waals surface area contributed by atoms with Gasteiger partial charge in [0, 0.05) is 17.3 Å². The topological polar surface area (TPSA) is 115 Å². The van der Waals surface area contributed by atoms with Gasteiger partial charge in [-0.1, -0.05) is 6.07 Å². The Labute approximate surface area is 168 Å². The highest BCUT2D eigenvalue weighted by atomic mass is 19.4. The molecule has 2 aromatic heterocycles. The molecule has 0 aliphatic rings. The summed E-state index contributed by atoms with van der Waals surface area (Å²) in [6.07, 6.45) is -3.13. The van der Waals surface area contributed by atoms with E-state index in [0.29, 0.717) is 28.8 Å². The van der Waals surface area contributed by atoms with E-state index < -0.39 is 11.7 Å². The zero-order chi connectivity index (χ0) is 21.1. The number of aromatic nitrogens is 5. The van der Waals surface area contributed by atoms with Gasteiger partial charge in [-0.25, -0.2) is 9.97 Å². The highest BCUT2D eigenvalue weighted by Gasteiger charge is 2.30. The molecule has 0 saturated heterocycles. The van der Waals surface area contributed by atoms with E-state index in [9.17, 15) is 13.2 Å². The molecular formula is C19H14F3N7O. The summed E-state index contributed by atoms with van der Waals surface area (Å²) < 4.78 is 44.1. The van der Waals surface area contributed by atoms with Gasteiger partial charge in [0.2, 0.25) is 11.8 Å². The standard InChI is InChI=1S/C19H14F3N7O/c20-19(21,22)12-2-1-3-13(8-12)26-18-27-17(28-29-18)11-4-6-14(7-5-11)30-16-9-15(23)24-10-25-16/h1-10H,(H2,23,24,25)(H2,26,27,28,29). The van der Waals surface area contributed by atoms with Crippen molar-refractivity contribution < 1.29 is 17.9 Å². The fraction of sp³-hybridized carbons (Fsp3) is 0.0526. The lowest BCUT2D eigenvalue weighted by Crippen LogP contribution is -2.05. The summed E-state index contributed by atoms with van der Waals surface area (Å²) in [5.74, 6) is 1.70. The van der Waals surface area contributed by atoms with Gasteiger partial charge in [-0.15, -0.1) is 5.10 Å². The molecule has 0 fully saturated rings. The molecule has 8 nitrogen and oxygen atoms in total. The summed E-state index contributed by atoms with van der Waals surface area (Å²) in [5.41, 5.74) is 5.76. The molecule has 152 valence electrons. The lowest BCUT2D eigenvalue weighted by Gasteiger charge is -2.08. The maximum absolute atomic E-state index is 12.8. The quantitative estimate of drug-likeness (QED) is 0.444. The summed E-state index contributed by atoms with van der Waals surface area (Å²) in [4.78, 5) is 12.0. The Kier molecular flexibility index (Phi) is 4.92. The molecule has 0 saturated carbocycles. The Morgan fingerprint density at radius 3 is 2.53 bits per heavy atom. The van der Waals surface area contributed by atoms with Crippen molar-refractivity contribution in [1.82, 2.24) is 25.1 Å². The first-order chi connectivity index (χ1) is 14.4. The van der Waals surface area contributed by atoms with Gasteiger partial charge in [0.1, 0.15) is 17.9 Å². The molecule has 4 rings (SSSR count). The number of nitrogens with zero attached hydrogens (tertiary/aromatic N) is 4. The van der Waals surface area contributed by atoms with Crippen LogP contribution < -0.4 is 15.8 Å². The lowest BCUT2D eigenvalue weighted by molar-refractivity contribution is -0.137. The van der Waals surface area contributed by atoms with Crippen LogP contribution in [0.2, 0.25) is 0 Å². The van der Waals surface area contributed by atoms with Gasteiger partial charge in [0.25, 0.3) is 0 Å². The molecule has 0 aliphatic carbocycles. The van der Waals surface area contributed by atoms with E-state index in [-0.39, 0.29) is 11.6 Å². The van der Waals surface area contributed by atoms with Crippen LogP contribution in [-0.4, -0.2) is 25.1 Å². The van der Waals surface area contributed by atoms with Crippen molar-refractivity contribution in [2.75, 3.05) is 11.1 Å². The number of benzene rings is 2. The monoisotopic (exact) mass is 413 g/mol. The number of hydrogen-bond acceptors (Lipinski definition) is 7. The molecule has 0 unspecified atom stereocenters. The molecule has 2 aromatic carbocycles. The highest BCUT2D eigenvalue weighted by molar-refractivity contribution is 5.60. The molecule has 0 radical (unpaired) electrons. The van der Waals surface area contributed by atoms with E-state index in [4.69, 9.17) is 10.5 Å². The second-order valence-corrected chi connectivity index (χ2v) is 6.12. The minimum atomic E-state index is -4.43. The number of aromatic amines is 1. The number of nitrogen functional groups attached to an aromatic ring is 1. The number of ether oxygens (including phenoxy) is 1. The van der Waals surface area contributed by atoms with Crippen LogP contribution in [0.4, 0.5) is 30.6 Å². The summed E-state index contributed by atoms with van der Waals surface area (Å²) >= 11 is 0. The number of hydrogen-bond donors (Lipinski definition) is 3. The Hall–Kier alpha value is -4.15. The summed E-state index contributed by atoms with van der Waals surface area (Å²) in [6.45, 7) is 0. The van der Waals surface area contributed by atoms with Crippen molar-refractivity contribution >= 4 is 17.5 Å². The van der Waals surface area contributed by atoms with Gasteiger partial charge in [-0.2, -0.15) is 18.2 Å². The van der Waals surface area contributed by atoms with Crippen LogP contribution in [0.5, 0.6) is 11.6 Å². The average Bonchev–Trinajstić information content (AvgIpc) is 3.17. The number of nitrogens with two attached hydrogens (primary N) is 1. The fourth-order valence-electron chi connectivity index (χ4n) is 2.56. The third-order valence-corrected chi connectivity index (χ3v) is 3.94. The first-order valence-electron chi connectivity index (χ1n) is 8.59. The third kappa shape index (κ3) is 4.46. The maximum Gasteiger partial charge on any atom is 0.416 e. The fourth-order valence-corrected chi connectivity index (χ4v) is 2.56.